The first-order valence-electron chi connectivity index (χ1n) is 5.39. The zero-order valence-electron chi connectivity index (χ0n) is 9.83. The maximum atomic E-state index is 13.7. The van der Waals surface area contributed by atoms with Gasteiger partial charge in [-0.2, -0.15) is 4.98 Å². The Balaban J connectivity index is 2.80. The van der Waals surface area contributed by atoms with E-state index in [4.69, 9.17) is 4.74 Å². The van der Waals surface area contributed by atoms with Crippen molar-refractivity contribution in [3.05, 3.63) is 29.3 Å². The normalized spacial score (nSPS) is 10.7. The van der Waals surface area contributed by atoms with Gasteiger partial charge in [0.2, 0.25) is 5.52 Å². The third-order valence-corrected chi connectivity index (χ3v) is 2.87. The number of halogens is 2. The van der Waals surface area contributed by atoms with Gasteiger partial charge in [-0.05, 0) is 13.0 Å². The number of hydrogen-bond acceptors (Lipinski definition) is 4. The van der Waals surface area contributed by atoms with Crippen molar-refractivity contribution in [1.29, 1.82) is 0 Å². The van der Waals surface area contributed by atoms with Gasteiger partial charge in [0.15, 0.2) is 22.9 Å². The zero-order chi connectivity index (χ0) is 14.2. The van der Waals surface area contributed by atoms with E-state index < -0.39 is 28.7 Å². The van der Waals surface area contributed by atoms with Gasteiger partial charge in [0.05, 0.1) is 6.61 Å². The third kappa shape index (κ3) is 2.21. The van der Waals surface area contributed by atoms with E-state index in [1.54, 1.807) is 6.92 Å². The summed E-state index contributed by atoms with van der Waals surface area (Å²) < 4.78 is 31.6. The number of nitrogens with one attached hydrogen (secondary N) is 1. The minimum atomic E-state index is -1.25. The SMILES string of the molecule is CCOC(=O)c1c(S)[nH+]c2ccc(F)c(F)c2c1O. The highest BCUT2D eigenvalue weighted by Crippen LogP contribution is 2.32. The van der Waals surface area contributed by atoms with E-state index in [2.05, 4.69) is 17.6 Å². The molecule has 0 saturated carbocycles. The van der Waals surface area contributed by atoms with Crippen LogP contribution in [0.3, 0.4) is 0 Å². The van der Waals surface area contributed by atoms with Gasteiger partial charge in [-0.15, -0.1) is 0 Å². The predicted molar refractivity (Wildman–Crippen MR) is 65.3 cm³/mol. The van der Waals surface area contributed by atoms with Gasteiger partial charge in [0.25, 0.3) is 5.03 Å². The van der Waals surface area contributed by atoms with Gasteiger partial charge >= 0.3 is 5.97 Å². The molecule has 0 aliphatic rings. The van der Waals surface area contributed by atoms with E-state index >= 15 is 0 Å². The van der Waals surface area contributed by atoms with Gasteiger partial charge in [0, 0.05) is 6.07 Å². The summed E-state index contributed by atoms with van der Waals surface area (Å²) in [6.45, 7) is 1.66. The first-order chi connectivity index (χ1) is 8.97. The van der Waals surface area contributed by atoms with Crippen LogP contribution in [-0.4, -0.2) is 17.7 Å². The van der Waals surface area contributed by atoms with E-state index in [9.17, 15) is 18.7 Å². The number of ether oxygens (including phenoxy) is 1. The molecule has 7 heteroatoms. The number of carbonyl (C=O) groups excluding carboxylic acids is 1. The quantitative estimate of drug-likeness (QED) is 0.656. The van der Waals surface area contributed by atoms with Crippen molar-refractivity contribution in [3.8, 4) is 5.75 Å². The molecule has 0 fully saturated rings. The van der Waals surface area contributed by atoms with Crippen molar-refractivity contribution in [1.82, 2.24) is 0 Å². The zero-order valence-corrected chi connectivity index (χ0v) is 10.7. The molecule has 0 aliphatic carbocycles. The van der Waals surface area contributed by atoms with Crippen LogP contribution < -0.4 is 4.98 Å². The van der Waals surface area contributed by atoms with Crippen molar-refractivity contribution < 1.29 is 28.4 Å². The van der Waals surface area contributed by atoms with Gasteiger partial charge in [-0.1, -0.05) is 12.6 Å². The molecular formula is C12H10F2NO3S+. The maximum absolute atomic E-state index is 13.7. The molecule has 1 aromatic carbocycles. The van der Waals surface area contributed by atoms with Crippen LogP contribution in [-0.2, 0) is 4.74 Å². The lowest BCUT2D eigenvalue weighted by molar-refractivity contribution is -0.395. The molecule has 100 valence electrons. The molecule has 0 spiro atoms. The molecule has 1 heterocycles. The molecule has 0 amide bonds. The highest BCUT2D eigenvalue weighted by Gasteiger charge is 2.27. The maximum Gasteiger partial charge on any atom is 0.349 e. The lowest BCUT2D eigenvalue weighted by Crippen LogP contribution is -2.16. The first-order valence-corrected chi connectivity index (χ1v) is 5.84. The molecule has 1 aromatic heterocycles. The lowest BCUT2D eigenvalue weighted by atomic mass is 10.1. The Hall–Kier alpha value is -1.89. The predicted octanol–water partition coefficient (Wildman–Crippen LogP) is 2.10. The molecule has 0 atom stereocenters. The van der Waals surface area contributed by atoms with Crippen molar-refractivity contribution in [2.75, 3.05) is 6.61 Å². The Labute approximate surface area is 112 Å². The standard InChI is InChI=1S/C12H9F2NO3S/c1-2-18-12(17)8-10(16)7-6(15-11(8)19)4-3-5(13)9(7)14/h3-4H,2H2,1H3,(H2,15,16,19)/p+1. The second-order valence-electron chi connectivity index (χ2n) is 3.70. The first kappa shape index (κ1) is 13.5. The van der Waals surface area contributed by atoms with E-state index in [-0.39, 0.29) is 22.7 Å². The van der Waals surface area contributed by atoms with E-state index in [1.807, 2.05) is 0 Å². The second-order valence-corrected chi connectivity index (χ2v) is 4.15. The van der Waals surface area contributed by atoms with Crippen molar-refractivity contribution >= 4 is 29.5 Å². The summed E-state index contributed by atoms with van der Waals surface area (Å²) in [6, 6.07) is 2.15. The Morgan fingerprint density at radius 1 is 1.47 bits per heavy atom. The lowest BCUT2D eigenvalue weighted by Gasteiger charge is -2.06. The van der Waals surface area contributed by atoms with Crippen LogP contribution in [0.25, 0.3) is 10.9 Å². The molecule has 19 heavy (non-hydrogen) atoms. The minimum Gasteiger partial charge on any atom is -0.506 e. The summed E-state index contributed by atoms with van der Waals surface area (Å²) in [4.78, 5) is 14.3. The third-order valence-electron chi connectivity index (χ3n) is 2.54. The average molecular weight is 286 g/mol. The van der Waals surface area contributed by atoms with Crippen LogP contribution in [0.2, 0.25) is 0 Å². The fourth-order valence-corrected chi connectivity index (χ4v) is 2.03. The molecule has 2 aromatic rings. The van der Waals surface area contributed by atoms with Crippen molar-refractivity contribution in [2.24, 2.45) is 0 Å². The number of thiol groups is 1. The highest BCUT2D eigenvalue weighted by molar-refractivity contribution is 7.80. The summed E-state index contributed by atoms with van der Waals surface area (Å²) in [5.41, 5.74) is -0.211. The number of rotatable bonds is 2. The number of H-pyrrole nitrogens is 1. The molecule has 4 nitrogen and oxygen atoms in total. The Morgan fingerprint density at radius 3 is 2.79 bits per heavy atom. The van der Waals surface area contributed by atoms with Crippen LogP contribution in [0, 0.1) is 11.6 Å². The van der Waals surface area contributed by atoms with Crippen molar-refractivity contribution in [3.63, 3.8) is 0 Å². The summed E-state index contributed by atoms with van der Waals surface area (Å²) in [6.07, 6.45) is 0. The molecule has 0 radical (unpaired) electrons. The molecule has 0 unspecified atom stereocenters. The van der Waals surface area contributed by atoms with E-state index in [0.717, 1.165) is 6.07 Å². The Bertz CT molecular complexity index is 676. The monoisotopic (exact) mass is 286 g/mol. The highest BCUT2D eigenvalue weighted by atomic mass is 32.1. The van der Waals surface area contributed by atoms with Crippen LogP contribution in [0.4, 0.5) is 8.78 Å². The minimum absolute atomic E-state index is 0.00876. The van der Waals surface area contributed by atoms with Crippen LogP contribution in [0.5, 0.6) is 5.75 Å². The number of fused-ring (bicyclic) bond motifs is 1. The molecule has 0 aliphatic heterocycles. The molecule has 0 bridgehead atoms. The van der Waals surface area contributed by atoms with Gasteiger partial charge in [-0.3, -0.25) is 0 Å². The summed E-state index contributed by atoms with van der Waals surface area (Å²) in [7, 11) is 0. The fraction of sp³-hybridized carbons (Fsp3) is 0.167. The number of benzene rings is 1. The average Bonchev–Trinajstić information content (AvgIpc) is 2.34. The summed E-state index contributed by atoms with van der Waals surface area (Å²) in [5, 5.41) is 9.55. The van der Waals surface area contributed by atoms with Crippen LogP contribution >= 0.6 is 12.6 Å². The fourth-order valence-electron chi connectivity index (χ4n) is 1.71. The molecule has 2 rings (SSSR count). The van der Waals surface area contributed by atoms with Gasteiger partial charge < -0.3 is 9.84 Å². The van der Waals surface area contributed by atoms with Gasteiger partial charge in [-0.25, -0.2) is 13.6 Å². The van der Waals surface area contributed by atoms with E-state index in [1.165, 1.54) is 6.07 Å². The molecule has 2 N–H and O–H groups in total. The largest absolute Gasteiger partial charge is 0.506 e. The van der Waals surface area contributed by atoms with Crippen molar-refractivity contribution in [2.45, 2.75) is 11.9 Å². The van der Waals surface area contributed by atoms with Crippen LogP contribution in [0.15, 0.2) is 17.2 Å². The number of aromatic amines is 1. The second kappa shape index (κ2) is 5.00. The summed E-state index contributed by atoms with van der Waals surface area (Å²) in [5.74, 6) is -3.94. The van der Waals surface area contributed by atoms with E-state index in [0.29, 0.717) is 0 Å². The number of esters is 1. The smallest absolute Gasteiger partial charge is 0.349 e. The molecule has 0 saturated heterocycles. The molecular weight excluding hydrogens is 276 g/mol. The number of carbonyl (C=O) groups is 1. The Kier molecular flexibility index (Phi) is 3.57. The number of aromatic nitrogens is 1. The summed E-state index contributed by atoms with van der Waals surface area (Å²) >= 11 is 4.00. The number of hydrogen-bond donors (Lipinski definition) is 2. The number of pyridine rings is 1. The van der Waals surface area contributed by atoms with Gasteiger partial charge in [0.1, 0.15) is 5.39 Å². The Morgan fingerprint density at radius 2 is 2.16 bits per heavy atom. The number of aromatic hydroxyl groups is 1. The van der Waals surface area contributed by atoms with Crippen LogP contribution in [0.1, 0.15) is 17.3 Å². The topological polar surface area (TPSA) is 60.7 Å².